The predicted molar refractivity (Wildman–Crippen MR) is 91.4 cm³/mol. The van der Waals surface area contributed by atoms with Crippen molar-refractivity contribution < 1.29 is 4.79 Å². The van der Waals surface area contributed by atoms with Gasteiger partial charge in [-0.3, -0.25) is 4.79 Å². The molecule has 4 heteroatoms. The number of rotatable bonds is 2. The zero-order chi connectivity index (χ0) is 14.5. The van der Waals surface area contributed by atoms with Crippen molar-refractivity contribution in [3.8, 4) is 0 Å². The van der Waals surface area contributed by atoms with Crippen LogP contribution in [0.2, 0.25) is 0 Å². The molecular weight excluding hydrogens is 296 g/mol. The van der Waals surface area contributed by atoms with E-state index in [1.807, 2.05) is 41.3 Å². The molecule has 0 spiro atoms. The highest BCUT2D eigenvalue weighted by molar-refractivity contribution is 5.94. The molecule has 1 heterocycles. The van der Waals surface area contributed by atoms with Crippen LogP contribution in [-0.2, 0) is 0 Å². The molecule has 0 saturated carbocycles. The summed E-state index contributed by atoms with van der Waals surface area (Å²) in [5.41, 5.74) is 2.07. The maximum Gasteiger partial charge on any atom is 0.253 e. The summed E-state index contributed by atoms with van der Waals surface area (Å²) in [6.45, 7) is 2.38. The third-order valence-corrected chi connectivity index (χ3v) is 3.97. The normalized spacial score (nSPS) is 18.2. The van der Waals surface area contributed by atoms with Crippen LogP contribution in [0.15, 0.2) is 60.7 Å². The molecule has 0 aliphatic carbocycles. The van der Waals surface area contributed by atoms with E-state index in [0.717, 1.165) is 31.6 Å². The number of benzene rings is 2. The van der Waals surface area contributed by atoms with Crippen molar-refractivity contribution in [2.45, 2.75) is 12.5 Å². The quantitative estimate of drug-likeness (QED) is 0.922. The van der Waals surface area contributed by atoms with Crippen molar-refractivity contribution in [2.24, 2.45) is 0 Å². The summed E-state index contributed by atoms with van der Waals surface area (Å²) in [7, 11) is 0. The van der Waals surface area contributed by atoms with Crippen LogP contribution in [0.5, 0.6) is 0 Å². The Hall–Kier alpha value is -1.84. The van der Waals surface area contributed by atoms with Crippen molar-refractivity contribution in [3.63, 3.8) is 0 Å². The molecule has 3 nitrogen and oxygen atoms in total. The molecule has 3 rings (SSSR count). The van der Waals surface area contributed by atoms with E-state index in [2.05, 4.69) is 29.6 Å². The number of amides is 1. The zero-order valence-corrected chi connectivity index (χ0v) is 13.3. The zero-order valence-electron chi connectivity index (χ0n) is 12.4. The molecule has 1 atom stereocenters. The number of nitrogens with zero attached hydrogens (tertiary/aromatic N) is 1. The number of hydrogen-bond acceptors (Lipinski definition) is 2. The first kappa shape index (κ1) is 16.5. The summed E-state index contributed by atoms with van der Waals surface area (Å²) in [4.78, 5) is 14.4. The molecule has 1 aliphatic rings. The van der Waals surface area contributed by atoms with Crippen LogP contribution in [0.25, 0.3) is 0 Å². The minimum atomic E-state index is 0. The van der Waals surface area contributed by atoms with Gasteiger partial charge in [-0.15, -0.1) is 12.4 Å². The SMILES string of the molecule is Cl.O=C(c1ccccc1)N1CCNC(c2ccccc2)CC1. The Morgan fingerprint density at radius 2 is 1.59 bits per heavy atom. The fourth-order valence-electron chi connectivity index (χ4n) is 2.81. The summed E-state index contributed by atoms with van der Waals surface area (Å²) < 4.78 is 0. The molecule has 0 radical (unpaired) electrons. The van der Waals surface area contributed by atoms with Gasteiger partial charge < -0.3 is 10.2 Å². The van der Waals surface area contributed by atoms with Gasteiger partial charge in [-0.25, -0.2) is 0 Å². The molecule has 0 bridgehead atoms. The first-order valence-corrected chi connectivity index (χ1v) is 7.47. The summed E-state index contributed by atoms with van der Waals surface area (Å²) >= 11 is 0. The molecule has 1 aliphatic heterocycles. The van der Waals surface area contributed by atoms with Gasteiger partial charge in [0.25, 0.3) is 5.91 Å². The summed E-state index contributed by atoms with van der Waals surface area (Å²) in [5, 5.41) is 3.54. The van der Waals surface area contributed by atoms with Crippen LogP contribution in [0.4, 0.5) is 0 Å². The standard InChI is InChI=1S/C18H20N2O.ClH/c21-18(16-9-5-2-6-10-16)20-13-11-17(19-12-14-20)15-7-3-1-4-8-15;/h1-10,17,19H,11-14H2;1H. The number of carbonyl (C=O) groups is 1. The second kappa shape index (κ2) is 7.97. The lowest BCUT2D eigenvalue weighted by molar-refractivity contribution is 0.0765. The Bertz CT molecular complexity index is 589. The molecule has 1 N–H and O–H groups in total. The van der Waals surface area contributed by atoms with Crippen LogP contribution in [0.1, 0.15) is 28.4 Å². The molecule has 2 aromatic carbocycles. The number of nitrogens with one attached hydrogen (secondary N) is 1. The van der Waals surface area contributed by atoms with E-state index in [-0.39, 0.29) is 18.3 Å². The van der Waals surface area contributed by atoms with Gasteiger partial charge in [-0.2, -0.15) is 0 Å². The lowest BCUT2D eigenvalue weighted by atomic mass is 10.0. The summed E-state index contributed by atoms with van der Waals surface area (Å²) in [5.74, 6) is 0.131. The number of halogens is 1. The molecular formula is C18H21ClN2O. The van der Waals surface area contributed by atoms with Crippen LogP contribution in [0, 0.1) is 0 Å². The molecule has 1 amide bonds. The lowest BCUT2D eigenvalue weighted by Crippen LogP contribution is -2.34. The highest BCUT2D eigenvalue weighted by atomic mass is 35.5. The van der Waals surface area contributed by atoms with Gasteiger partial charge in [0.15, 0.2) is 0 Å². The van der Waals surface area contributed by atoms with Gasteiger partial charge in [0.1, 0.15) is 0 Å². The molecule has 116 valence electrons. The predicted octanol–water partition coefficient (Wildman–Crippen LogP) is 3.29. The lowest BCUT2D eigenvalue weighted by Gasteiger charge is -2.20. The molecule has 1 fully saturated rings. The van der Waals surface area contributed by atoms with E-state index in [1.165, 1.54) is 5.56 Å². The number of carbonyl (C=O) groups excluding carboxylic acids is 1. The third kappa shape index (κ3) is 3.87. The average Bonchev–Trinajstić information content (AvgIpc) is 2.82. The van der Waals surface area contributed by atoms with Crippen LogP contribution in [0.3, 0.4) is 0 Å². The van der Waals surface area contributed by atoms with Crippen molar-refractivity contribution in [1.29, 1.82) is 0 Å². The van der Waals surface area contributed by atoms with Gasteiger partial charge in [0.2, 0.25) is 0 Å². The minimum Gasteiger partial charge on any atom is -0.337 e. The van der Waals surface area contributed by atoms with Crippen molar-refractivity contribution in [1.82, 2.24) is 10.2 Å². The molecule has 22 heavy (non-hydrogen) atoms. The van der Waals surface area contributed by atoms with E-state index in [9.17, 15) is 4.79 Å². The van der Waals surface area contributed by atoms with Crippen LogP contribution >= 0.6 is 12.4 Å². The molecule has 1 unspecified atom stereocenters. The highest BCUT2D eigenvalue weighted by Gasteiger charge is 2.21. The second-order valence-electron chi connectivity index (χ2n) is 5.36. The van der Waals surface area contributed by atoms with Crippen molar-refractivity contribution >= 4 is 18.3 Å². The molecule has 1 saturated heterocycles. The first-order chi connectivity index (χ1) is 10.3. The van der Waals surface area contributed by atoms with E-state index < -0.39 is 0 Å². The second-order valence-corrected chi connectivity index (χ2v) is 5.36. The Balaban J connectivity index is 0.00000176. The minimum absolute atomic E-state index is 0. The molecule has 2 aromatic rings. The summed E-state index contributed by atoms with van der Waals surface area (Å²) in [6, 6.07) is 20.3. The Morgan fingerprint density at radius 1 is 0.955 bits per heavy atom. The van der Waals surface area contributed by atoms with Gasteiger partial charge in [0, 0.05) is 31.2 Å². The third-order valence-electron chi connectivity index (χ3n) is 3.97. The fourth-order valence-corrected chi connectivity index (χ4v) is 2.81. The molecule has 0 aromatic heterocycles. The topological polar surface area (TPSA) is 32.3 Å². The van der Waals surface area contributed by atoms with Gasteiger partial charge >= 0.3 is 0 Å². The maximum absolute atomic E-state index is 12.5. The van der Waals surface area contributed by atoms with Gasteiger partial charge in [-0.1, -0.05) is 48.5 Å². The van der Waals surface area contributed by atoms with Gasteiger partial charge in [0.05, 0.1) is 0 Å². The average molecular weight is 317 g/mol. The summed E-state index contributed by atoms with van der Waals surface area (Å²) in [6.07, 6.45) is 0.947. The van der Waals surface area contributed by atoms with Gasteiger partial charge in [-0.05, 0) is 24.1 Å². The van der Waals surface area contributed by atoms with E-state index in [1.54, 1.807) is 0 Å². The smallest absolute Gasteiger partial charge is 0.253 e. The van der Waals surface area contributed by atoms with E-state index in [0.29, 0.717) is 6.04 Å². The van der Waals surface area contributed by atoms with Crippen LogP contribution < -0.4 is 5.32 Å². The largest absolute Gasteiger partial charge is 0.337 e. The Kier molecular flexibility index (Phi) is 5.99. The maximum atomic E-state index is 12.5. The Labute approximate surface area is 137 Å². The van der Waals surface area contributed by atoms with Crippen molar-refractivity contribution in [3.05, 3.63) is 71.8 Å². The first-order valence-electron chi connectivity index (χ1n) is 7.47. The Morgan fingerprint density at radius 3 is 2.27 bits per heavy atom. The van der Waals surface area contributed by atoms with Crippen molar-refractivity contribution in [2.75, 3.05) is 19.6 Å². The fraction of sp³-hybridized carbons (Fsp3) is 0.278. The highest BCUT2D eigenvalue weighted by Crippen LogP contribution is 2.19. The van der Waals surface area contributed by atoms with E-state index >= 15 is 0 Å². The number of hydrogen-bond donors (Lipinski definition) is 1. The van der Waals surface area contributed by atoms with E-state index in [4.69, 9.17) is 0 Å². The monoisotopic (exact) mass is 316 g/mol. The van der Waals surface area contributed by atoms with Crippen LogP contribution in [-0.4, -0.2) is 30.4 Å².